The summed E-state index contributed by atoms with van der Waals surface area (Å²) < 4.78 is 5.85. The molecule has 1 aromatic heterocycles. The first-order valence-corrected chi connectivity index (χ1v) is 7.23. The van der Waals surface area contributed by atoms with Gasteiger partial charge in [0.2, 0.25) is 0 Å². The Kier molecular flexibility index (Phi) is 3.72. The SMILES string of the molecule is CC(C)N1CCO[C@H]2CN(C(=O)c3ccncc3)C[C@H]21. The molecule has 0 N–H and O–H groups in total. The smallest absolute Gasteiger partial charge is 0.254 e. The van der Waals surface area contributed by atoms with Gasteiger partial charge in [0.1, 0.15) is 0 Å². The molecule has 2 atom stereocenters. The fourth-order valence-electron chi connectivity index (χ4n) is 3.20. The first-order chi connectivity index (χ1) is 9.66. The Morgan fingerprint density at radius 3 is 2.80 bits per heavy atom. The second-order valence-electron chi connectivity index (χ2n) is 5.75. The summed E-state index contributed by atoms with van der Waals surface area (Å²) in [6.45, 7) is 7.57. The molecule has 3 rings (SSSR count). The van der Waals surface area contributed by atoms with Gasteiger partial charge >= 0.3 is 0 Å². The van der Waals surface area contributed by atoms with E-state index in [1.165, 1.54) is 0 Å². The number of ether oxygens (including phenoxy) is 1. The molecule has 0 aromatic carbocycles. The maximum Gasteiger partial charge on any atom is 0.254 e. The number of fused-ring (bicyclic) bond motifs is 1. The van der Waals surface area contributed by atoms with Gasteiger partial charge in [-0.2, -0.15) is 0 Å². The highest BCUT2D eigenvalue weighted by Gasteiger charge is 2.42. The number of pyridine rings is 1. The number of hydrogen-bond acceptors (Lipinski definition) is 4. The molecule has 2 aliphatic rings. The highest BCUT2D eigenvalue weighted by molar-refractivity contribution is 5.94. The second-order valence-corrected chi connectivity index (χ2v) is 5.75. The number of likely N-dealkylation sites (tertiary alicyclic amines) is 1. The molecule has 0 unspecified atom stereocenters. The summed E-state index contributed by atoms with van der Waals surface area (Å²) in [4.78, 5) is 20.8. The minimum atomic E-state index is 0.0779. The summed E-state index contributed by atoms with van der Waals surface area (Å²) in [6.07, 6.45) is 3.47. The van der Waals surface area contributed by atoms with Crippen molar-refractivity contribution in [3.8, 4) is 0 Å². The molecule has 0 bridgehead atoms. The molecule has 2 aliphatic heterocycles. The van der Waals surface area contributed by atoms with Gasteiger partial charge in [0.05, 0.1) is 18.8 Å². The van der Waals surface area contributed by atoms with Gasteiger partial charge in [-0.25, -0.2) is 0 Å². The Morgan fingerprint density at radius 1 is 1.35 bits per heavy atom. The van der Waals surface area contributed by atoms with Crippen molar-refractivity contribution >= 4 is 5.91 Å². The topological polar surface area (TPSA) is 45.7 Å². The van der Waals surface area contributed by atoms with E-state index in [0.717, 1.165) is 19.7 Å². The monoisotopic (exact) mass is 275 g/mol. The molecule has 5 nitrogen and oxygen atoms in total. The van der Waals surface area contributed by atoms with E-state index in [2.05, 4.69) is 23.7 Å². The number of nitrogens with zero attached hydrogens (tertiary/aromatic N) is 3. The van der Waals surface area contributed by atoms with Gasteiger partial charge in [0, 0.05) is 43.6 Å². The first-order valence-electron chi connectivity index (χ1n) is 7.23. The van der Waals surface area contributed by atoms with E-state index >= 15 is 0 Å². The van der Waals surface area contributed by atoms with Crippen molar-refractivity contribution in [2.24, 2.45) is 0 Å². The van der Waals surface area contributed by atoms with Crippen LogP contribution in [0.25, 0.3) is 0 Å². The van der Waals surface area contributed by atoms with Gasteiger partial charge in [0.15, 0.2) is 0 Å². The molecule has 0 spiro atoms. The normalized spacial score (nSPS) is 26.9. The number of aromatic nitrogens is 1. The fourth-order valence-corrected chi connectivity index (χ4v) is 3.20. The summed E-state index contributed by atoms with van der Waals surface area (Å²) in [5, 5.41) is 0. The zero-order chi connectivity index (χ0) is 14.1. The van der Waals surface area contributed by atoms with E-state index in [0.29, 0.717) is 24.2 Å². The Bertz CT molecular complexity index is 477. The van der Waals surface area contributed by atoms with Crippen LogP contribution in [0, 0.1) is 0 Å². The van der Waals surface area contributed by atoms with E-state index in [1.54, 1.807) is 24.5 Å². The lowest BCUT2D eigenvalue weighted by atomic mass is 10.1. The largest absolute Gasteiger partial charge is 0.373 e. The number of rotatable bonds is 2. The van der Waals surface area contributed by atoms with Crippen LogP contribution in [0.2, 0.25) is 0 Å². The molecule has 2 saturated heterocycles. The summed E-state index contributed by atoms with van der Waals surface area (Å²) in [5.74, 6) is 0.0779. The third-order valence-corrected chi connectivity index (χ3v) is 4.22. The van der Waals surface area contributed by atoms with Crippen LogP contribution in [0.1, 0.15) is 24.2 Å². The fraction of sp³-hybridized carbons (Fsp3) is 0.600. The molecule has 0 radical (unpaired) electrons. The first kappa shape index (κ1) is 13.5. The number of carbonyl (C=O) groups excluding carboxylic acids is 1. The number of morpholine rings is 1. The van der Waals surface area contributed by atoms with Crippen molar-refractivity contribution in [3.05, 3.63) is 30.1 Å². The molecule has 20 heavy (non-hydrogen) atoms. The Labute approximate surface area is 119 Å². The van der Waals surface area contributed by atoms with Crippen LogP contribution in [0.3, 0.4) is 0 Å². The van der Waals surface area contributed by atoms with Crippen LogP contribution in [0.5, 0.6) is 0 Å². The van der Waals surface area contributed by atoms with Gasteiger partial charge in [-0.3, -0.25) is 14.7 Å². The summed E-state index contributed by atoms with van der Waals surface area (Å²) in [6, 6.07) is 4.36. The lowest BCUT2D eigenvalue weighted by molar-refractivity contribution is -0.0582. The van der Waals surface area contributed by atoms with Crippen molar-refractivity contribution in [2.75, 3.05) is 26.2 Å². The van der Waals surface area contributed by atoms with Gasteiger partial charge < -0.3 is 9.64 Å². The van der Waals surface area contributed by atoms with Crippen LogP contribution in [-0.2, 0) is 4.74 Å². The van der Waals surface area contributed by atoms with Crippen molar-refractivity contribution in [3.63, 3.8) is 0 Å². The van der Waals surface area contributed by atoms with Gasteiger partial charge in [-0.15, -0.1) is 0 Å². The average molecular weight is 275 g/mol. The quantitative estimate of drug-likeness (QED) is 0.808. The highest BCUT2D eigenvalue weighted by Crippen LogP contribution is 2.25. The molecule has 1 aromatic rings. The predicted molar refractivity (Wildman–Crippen MR) is 75.5 cm³/mol. The molecule has 2 fully saturated rings. The molecule has 5 heteroatoms. The maximum atomic E-state index is 12.5. The second kappa shape index (κ2) is 5.50. The number of hydrogen-bond donors (Lipinski definition) is 0. The lowest BCUT2D eigenvalue weighted by Crippen LogP contribution is -2.53. The third-order valence-electron chi connectivity index (χ3n) is 4.22. The lowest BCUT2D eigenvalue weighted by Gasteiger charge is -2.39. The maximum absolute atomic E-state index is 12.5. The van der Waals surface area contributed by atoms with Crippen LogP contribution < -0.4 is 0 Å². The Hall–Kier alpha value is -1.46. The standard InChI is InChI=1S/C15H21N3O2/c1-11(2)18-7-8-20-14-10-17(9-13(14)18)15(19)12-3-5-16-6-4-12/h3-6,11,13-14H,7-10H2,1-2H3/t13-,14+/m1/s1. The van der Waals surface area contributed by atoms with E-state index in [9.17, 15) is 4.79 Å². The Morgan fingerprint density at radius 2 is 2.10 bits per heavy atom. The van der Waals surface area contributed by atoms with Crippen molar-refractivity contribution in [1.29, 1.82) is 0 Å². The van der Waals surface area contributed by atoms with Crippen molar-refractivity contribution in [1.82, 2.24) is 14.8 Å². The molecular formula is C15H21N3O2. The Balaban J connectivity index is 1.74. The van der Waals surface area contributed by atoms with E-state index in [4.69, 9.17) is 4.74 Å². The summed E-state index contributed by atoms with van der Waals surface area (Å²) >= 11 is 0. The molecule has 3 heterocycles. The van der Waals surface area contributed by atoms with Crippen molar-refractivity contribution < 1.29 is 9.53 Å². The molecule has 0 saturated carbocycles. The molecule has 108 valence electrons. The van der Waals surface area contributed by atoms with E-state index in [1.807, 2.05) is 4.90 Å². The van der Waals surface area contributed by atoms with Crippen LogP contribution in [0.15, 0.2) is 24.5 Å². The van der Waals surface area contributed by atoms with Crippen LogP contribution in [-0.4, -0.2) is 65.1 Å². The van der Waals surface area contributed by atoms with Gasteiger partial charge in [-0.1, -0.05) is 0 Å². The van der Waals surface area contributed by atoms with Crippen molar-refractivity contribution in [2.45, 2.75) is 32.0 Å². The molecule has 1 amide bonds. The number of amides is 1. The molecule has 0 aliphatic carbocycles. The predicted octanol–water partition coefficient (Wildman–Crippen LogP) is 1.02. The average Bonchev–Trinajstić information content (AvgIpc) is 2.90. The minimum Gasteiger partial charge on any atom is -0.373 e. The van der Waals surface area contributed by atoms with Crippen LogP contribution in [0.4, 0.5) is 0 Å². The third kappa shape index (κ3) is 2.43. The summed E-state index contributed by atoms with van der Waals surface area (Å²) in [5.41, 5.74) is 0.703. The molecular weight excluding hydrogens is 254 g/mol. The van der Waals surface area contributed by atoms with Gasteiger partial charge in [0.25, 0.3) is 5.91 Å². The minimum absolute atomic E-state index is 0.0779. The van der Waals surface area contributed by atoms with E-state index < -0.39 is 0 Å². The van der Waals surface area contributed by atoms with E-state index in [-0.39, 0.29) is 12.0 Å². The van der Waals surface area contributed by atoms with Crippen LogP contribution >= 0.6 is 0 Å². The van der Waals surface area contributed by atoms with Gasteiger partial charge in [-0.05, 0) is 26.0 Å². The highest BCUT2D eigenvalue weighted by atomic mass is 16.5. The number of carbonyl (C=O) groups is 1. The zero-order valence-corrected chi connectivity index (χ0v) is 12.0. The zero-order valence-electron chi connectivity index (χ0n) is 12.0. The summed E-state index contributed by atoms with van der Waals surface area (Å²) in [7, 11) is 0.